The highest BCUT2D eigenvalue weighted by Gasteiger charge is 2.29. The SMILES string of the molecule is CCOC(=O)C(CC(=O)OCC(C)=O)c1cn(C)c(=O)n(C)c1=O. The van der Waals surface area contributed by atoms with Gasteiger partial charge in [0.2, 0.25) is 0 Å². The van der Waals surface area contributed by atoms with Crippen molar-refractivity contribution < 1.29 is 23.9 Å². The van der Waals surface area contributed by atoms with Crippen LogP contribution >= 0.6 is 0 Å². The minimum atomic E-state index is -1.23. The highest BCUT2D eigenvalue weighted by atomic mass is 16.5. The van der Waals surface area contributed by atoms with Gasteiger partial charge in [0.05, 0.1) is 18.9 Å². The predicted molar refractivity (Wildman–Crippen MR) is 82.6 cm³/mol. The first-order chi connectivity index (χ1) is 11.2. The Morgan fingerprint density at radius 3 is 2.33 bits per heavy atom. The lowest BCUT2D eigenvalue weighted by molar-refractivity contribution is -0.153. The van der Waals surface area contributed by atoms with Crippen molar-refractivity contribution in [2.75, 3.05) is 13.2 Å². The summed E-state index contributed by atoms with van der Waals surface area (Å²) in [7, 11) is 2.69. The number of ether oxygens (including phenoxy) is 2. The first kappa shape index (κ1) is 19.3. The molecule has 0 N–H and O–H groups in total. The van der Waals surface area contributed by atoms with Gasteiger partial charge in [-0.3, -0.25) is 23.7 Å². The highest BCUT2D eigenvalue weighted by molar-refractivity contribution is 5.85. The van der Waals surface area contributed by atoms with Crippen LogP contribution in [-0.2, 0) is 38.0 Å². The summed E-state index contributed by atoms with van der Waals surface area (Å²) in [6.07, 6.45) is 0.726. The van der Waals surface area contributed by atoms with E-state index in [9.17, 15) is 24.0 Å². The second-order valence-corrected chi connectivity index (χ2v) is 5.21. The molecule has 0 radical (unpaired) electrons. The number of carbonyl (C=O) groups excluding carboxylic acids is 3. The zero-order chi connectivity index (χ0) is 18.4. The van der Waals surface area contributed by atoms with Crippen molar-refractivity contribution in [3.63, 3.8) is 0 Å². The predicted octanol–water partition coefficient (Wildman–Crippen LogP) is -0.747. The lowest BCUT2D eigenvalue weighted by Gasteiger charge is -2.16. The van der Waals surface area contributed by atoms with Crippen LogP contribution in [-0.4, -0.2) is 40.1 Å². The van der Waals surface area contributed by atoms with E-state index in [4.69, 9.17) is 9.47 Å². The third kappa shape index (κ3) is 4.64. The number of esters is 2. The Morgan fingerprint density at radius 1 is 1.17 bits per heavy atom. The Kier molecular flexibility index (Phi) is 6.63. The zero-order valence-electron chi connectivity index (χ0n) is 14.0. The van der Waals surface area contributed by atoms with Gasteiger partial charge >= 0.3 is 17.6 Å². The Hall–Kier alpha value is -2.71. The minimum Gasteiger partial charge on any atom is -0.466 e. The molecule has 0 aliphatic carbocycles. The molecule has 0 aliphatic rings. The standard InChI is InChI=1S/C15H20N2O7/c1-5-23-14(21)10(6-12(19)24-8-9(2)18)11-7-16(3)15(22)17(4)13(11)20/h7,10H,5-6,8H2,1-4H3. The summed E-state index contributed by atoms with van der Waals surface area (Å²) in [5.41, 5.74) is -1.32. The molecule has 0 fully saturated rings. The summed E-state index contributed by atoms with van der Waals surface area (Å²) in [5.74, 6) is -3.18. The number of carbonyl (C=O) groups is 3. The largest absolute Gasteiger partial charge is 0.466 e. The van der Waals surface area contributed by atoms with Crippen molar-refractivity contribution >= 4 is 17.7 Å². The summed E-state index contributed by atoms with van der Waals surface area (Å²) < 4.78 is 11.6. The molecule has 1 rings (SSSR count). The molecular formula is C15H20N2O7. The van der Waals surface area contributed by atoms with E-state index in [1.165, 1.54) is 27.2 Å². The smallest absolute Gasteiger partial charge is 0.330 e. The van der Waals surface area contributed by atoms with Gasteiger partial charge in [-0.15, -0.1) is 0 Å². The maximum absolute atomic E-state index is 12.3. The van der Waals surface area contributed by atoms with Gasteiger partial charge in [0.15, 0.2) is 5.78 Å². The Labute approximate surface area is 137 Å². The van der Waals surface area contributed by atoms with Gasteiger partial charge in [-0.1, -0.05) is 0 Å². The molecule has 9 nitrogen and oxygen atoms in total. The number of hydrogen-bond donors (Lipinski definition) is 0. The first-order valence-corrected chi connectivity index (χ1v) is 7.27. The average molecular weight is 340 g/mol. The van der Waals surface area contributed by atoms with Crippen molar-refractivity contribution in [1.29, 1.82) is 0 Å². The number of rotatable bonds is 7. The summed E-state index contributed by atoms with van der Waals surface area (Å²) in [5, 5.41) is 0. The third-order valence-corrected chi connectivity index (χ3v) is 3.23. The number of Topliss-reactive ketones (excluding diaryl/α,β-unsaturated/α-hetero) is 1. The molecule has 9 heteroatoms. The molecule has 0 aromatic carbocycles. The van der Waals surface area contributed by atoms with Crippen molar-refractivity contribution in [3.05, 3.63) is 32.6 Å². The van der Waals surface area contributed by atoms with Crippen molar-refractivity contribution in [2.45, 2.75) is 26.2 Å². The molecule has 0 spiro atoms. The first-order valence-electron chi connectivity index (χ1n) is 7.27. The topological polar surface area (TPSA) is 114 Å². The van der Waals surface area contributed by atoms with Gasteiger partial charge in [0, 0.05) is 25.9 Å². The molecule has 0 aliphatic heterocycles. The summed E-state index contributed by atoms with van der Waals surface area (Å²) in [6.45, 7) is 2.48. The molecule has 0 saturated heterocycles. The summed E-state index contributed by atoms with van der Waals surface area (Å²) >= 11 is 0. The van der Waals surface area contributed by atoms with Gasteiger partial charge in [0.25, 0.3) is 5.56 Å². The lowest BCUT2D eigenvalue weighted by Crippen LogP contribution is -2.40. The van der Waals surface area contributed by atoms with Crippen LogP contribution in [0.15, 0.2) is 15.8 Å². The van der Waals surface area contributed by atoms with E-state index in [2.05, 4.69) is 0 Å². The fourth-order valence-electron chi connectivity index (χ4n) is 2.05. The van der Waals surface area contributed by atoms with Crippen molar-refractivity contribution in [3.8, 4) is 0 Å². The number of hydrogen-bond acceptors (Lipinski definition) is 7. The Bertz CT molecular complexity index is 760. The number of nitrogens with zero attached hydrogens (tertiary/aromatic N) is 2. The van der Waals surface area contributed by atoms with E-state index in [0.717, 1.165) is 9.13 Å². The second kappa shape index (κ2) is 8.23. The van der Waals surface area contributed by atoms with Crippen LogP contribution in [0.1, 0.15) is 31.7 Å². The van der Waals surface area contributed by atoms with Crippen molar-refractivity contribution in [2.24, 2.45) is 14.1 Å². The lowest BCUT2D eigenvalue weighted by atomic mass is 9.98. The van der Waals surface area contributed by atoms with E-state index in [0.29, 0.717) is 0 Å². The molecule has 1 unspecified atom stereocenters. The maximum Gasteiger partial charge on any atom is 0.330 e. The molecule has 0 bridgehead atoms. The highest BCUT2D eigenvalue weighted by Crippen LogP contribution is 2.18. The van der Waals surface area contributed by atoms with Gasteiger partial charge in [-0.05, 0) is 13.8 Å². The normalized spacial score (nSPS) is 11.7. The fourth-order valence-corrected chi connectivity index (χ4v) is 2.05. The summed E-state index contributed by atoms with van der Waals surface area (Å²) in [4.78, 5) is 58.8. The van der Waals surface area contributed by atoms with E-state index < -0.39 is 42.1 Å². The number of aryl methyl sites for hydroxylation is 1. The zero-order valence-corrected chi connectivity index (χ0v) is 14.0. The minimum absolute atomic E-state index is 0.0576. The van der Waals surface area contributed by atoms with Gasteiger partial charge in [-0.25, -0.2) is 4.79 Å². The van der Waals surface area contributed by atoms with Crippen LogP contribution in [0.25, 0.3) is 0 Å². The van der Waals surface area contributed by atoms with Gasteiger partial charge < -0.3 is 14.0 Å². The maximum atomic E-state index is 12.3. The molecule has 24 heavy (non-hydrogen) atoms. The monoisotopic (exact) mass is 340 g/mol. The molecule has 1 aromatic rings. The van der Waals surface area contributed by atoms with Crippen LogP contribution in [0, 0.1) is 0 Å². The molecule has 1 atom stereocenters. The van der Waals surface area contributed by atoms with Crippen LogP contribution in [0.3, 0.4) is 0 Å². The molecular weight excluding hydrogens is 320 g/mol. The van der Waals surface area contributed by atoms with Crippen LogP contribution < -0.4 is 11.2 Å². The van der Waals surface area contributed by atoms with Crippen LogP contribution in [0.2, 0.25) is 0 Å². The van der Waals surface area contributed by atoms with Gasteiger partial charge in [0.1, 0.15) is 6.61 Å². The van der Waals surface area contributed by atoms with Gasteiger partial charge in [-0.2, -0.15) is 0 Å². The van der Waals surface area contributed by atoms with E-state index in [1.807, 2.05) is 0 Å². The average Bonchev–Trinajstić information content (AvgIpc) is 2.52. The van der Waals surface area contributed by atoms with Crippen molar-refractivity contribution in [1.82, 2.24) is 9.13 Å². The number of ketones is 1. The molecule has 1 heterocycles. The Morgan fingerprint density at radius 2 is 1.79 bits per heavy atom. The van der Waals surface area contributed by atoms with Crippen LogP contribution in [0.5, 0.6) is 0 Å². The van der Waals surface area contributed by atoms with E-state index in [1.54, 1.807) is 6.92 Å². The molecule has 132 valence electrons. The van der Waals surface area contributed by atoms with E-state index in [-0.39, 0.29) is 18.0 Å². The van der Waals surface area contributed by atoms with E-state index >= 15 is 0 Å². The quantitative estimate of drug-likeness (QED) is 0.600. The van der Waals surface area contributed by atoms with Crippen LogP contribution in [0.4, 0.5) is 0 Å². The molecule has 1 aromatic heterocycles. The fraction of sp³-hybridized carbons (Fsp3) is 0.533. The Balaban J connectivity index is 3.23. The molecule has 0 saturated carbocycles. The molecule has 0 amide bonds. The third-order valence-electron chi connectivity index (χ3n) is 3.23. The number of aromatic nitrogens is 2. The summed E-state index contributed by atoms with van der Waals surface area (Å²) in [6, 6.07) is 0. The second-order valence-electron chi connectivity index (χ2n) is 5.21.